The highest BCUT2D eigenvalue weighted by Crippen LogP contribution is 2.15. The second-order valence-corrected chi connectivity index (χ2v) is 5.29. The number of hydrogen-bond acceptors (Lipinski definition) is 3. The van der Waals surface area contributed by atoms with Gasteiger partial charge in [0.1, 0.15) is 0 Å². The van der Waals surface area contributed by atoms with Crippen molar-refractivity contribution in [3.63, 3.8) is 0 Å². The number of carbonyl (C=O) groups is 1. The number of halogens is 1. The third-order valence-corrected chi connectivity index (χ3v) is 3.44. The average Bonchev–Trinajstić information content (AvgIpc) is 2.41. The molecular formula is C13H14BrN3O2. The number of benzene rings is 1. The van der Waals surface area contributed by atoms with E-state index in [1.807, 2.05) is 6.07 Å². The molecule has 5 nitrogen and oxygen atoms in total. The third kappa shape index (κ3) is 2.84. The molecule has 0 aliphatic rings. The summed E-state index contributed by atoms with van der Waals surface area (Å²) >= 11 is 3.34. The number of fused-ring (bicyclic) bond motifs is 1. The Hall–Kier alpha value is -1.69. The molecule has 1 aromatic carbocycles. The maximum Gasteiger partial charge on any atom is 0.261 e. The number of nitrogens with one attached hydrogen (secondary N) is 1. The van der Waals surface area contributed by atoms with Crippen molar-refractivity contribution in [3.8, 4) is 0 Å². The molecule has 0 spiro atoms. The lowest BCUT2D eigenvalue weighted by Gasteiger charge is -2.12. The van der Waals surface area contributed by atoms with Crippen LogP contribution in [0.15, 0.2) is 33.8 Å². The van der Waals surface area contributed by atoms with E-state index in [1.54, 1.807) is 26.1 Å². The fourth-order valence-electron chi connectivity index (χ4n) is 1.89. The second-order valence-electron chi connectivity index (χ2n) is 4.38. The fraction of sp³-hybridized carbons (Fsp3) is 0.308. The Morgan fingerprint density at radius 3 is 2.95 bits per heavy atom. The highest BCUT2D eigenvalue weighted by molar-refractivity contribution is 9.10. The van der Waals surface area contributed by atoms with E-state index in [0.717, 1.165) is 4.47 Å². The van der Waals surface area contributed by atoms with Gasteiger partial charge in [-0.2, -0.15) is 0 Å². The summed E-state index contributed by atoms with van der Waals surface area (Å²) in [4.78, 5) is 28.0. The van der Waals surface area contributed by atoms with Gasteiger partial charge in [0, 0.05) is 18.1 Å². The molecule has 0 saturated carbocycles. The summed E-state index contributed by atoms with van der Waals surface area (Å²) in [6.45, 7) is 2.09. The van der Waals surface area contributed by atoms with E-state index >= 15 is 0 Å². The molecule has 0 bridgehead atoms. The van der Waals surface area contributed by atoms with Crippen LogP contribution >= 0.6 is 15.9 Å². The summed E-state index contributed by atoms with van der Waals surface area (Å²) in [5, 5.41) is 3.11. The first-order valence-electron chi connectivity index (χ1n) is 5.89. The maximum atomic E-state index is 12.3. The number of nitrogens with zero attached hydrogens (tertiary/aromatic N) is 2. The Labute approximate surface area is 118 Å². The van der Waals surface area contributed by atoms with Crippen molar-refractivity contribution in [2.75, 3.05) is 7.05 Å². The third-order valence-electron chi connectivity index (χ3n) is 2.95. The highest BCUT2D eigenvalue weighted by atomic mass is 79.9. The average molecular weight is 324 g/mol. The molecule has 0 aliphatic heterocycles. The molecule has 1 atom stereocenters. The van der Waals surface area contributed by atoms with Crippen LogP contribution < -0.4 is 10.9 Å². The zero-order valence-electron chi connectivity index (χ0n) is 10.7. The molecule has 100 valence electrons. The zero-order valence-corrected chi connectivity index (χ0v) is 12.3. The lowest BCUT2D eigenvalue weighted by Crippen LogP contribution is -2.32. The molecule has 1 aromatic heterocycles. The number of amides is 1. The van der Waals surface area contributed by atoms with Crippen LogP contribution in [0.2, 0.25) is 0 Å². The molecule has 2 rings (SSSR count). The molecule has 1 N–H and O–H groups in total. The Morgan fingerprint density at radius 2 is 2.26 bits per heavy atom. The van der Waals surface area contributed by atoms with Crippen LogP contribution in [0.1, 0.15) is 6.92 Å². The normalized spacial score (nSPS) is 12.4. The molecule has 2 aromatic rings. The van der Waals surface area contributed by atoms with Gasteiger partial charge in [-0.15, -0.1) is 0 Å². The minimum atomic E-state index is -0.283. The molecular weight excluding hydrogens is 310 g/mol. The minimum absolute atomic E-state index is 0.0961. The van der Waals surface area contributed by atoms with Crippen LogP contribution in [-0.2, 0) is 11.3 Å². The van der Waals surface area contributed by atoms with Crippen LogP contribution in [0.3, 0.4) is 0 Å². The number of carbonyl (C=O) groups excluding carboxylic acids is 1. The number of aromatic nitrogens is 2. The van der Waals surface area contributed by atoms with Gasteiger partial charge in [-0.3, -0.25) is 14.2 Å². The van der Waals surface area contributed by atoms with Crippen molar-refractivity contribution < 1.29 is 4.79 Å². The Kier molecular flexibility index (Phi) is 3.99. The van der Waals surface area contributed by atoms with Gasteiger partial charge in [0.05, 0.1) is 23.1 Å². The quantitative estimate of drug-likeness (QED) is 0.931. The topological polar surface area (TPSA) is 64.0 Å². The van der Waals surface area contributed by atoms with Crippen molar-refractivity contribution in [2.45, 2.75) is 13.5 Å². The first kappa shape index (κ1) is 13.7. The van der Waals surface area contributed by atoms with E-state index in [9.17, 15) is 9.59 Å². The van der Waals surface area contributed by atoms with Gasteiger partial charge >= 0.3 is 0 Å². The van der Waals surface area contributed by atoms with Crippen molar-refractivity contribution >= 4 is 32.7 Å². The van der Waals surface area contributed by atoms with Crippen LogP contribution in [0.4, 0.5) is 0 Å². The molecule has 0 saturated heterocycles. The van der Waals surface area contributed by atoms with Crippen LogP contribution in [0.25, 0.3) is 10.9 Å². The monoisotopic (exact) mass is 323 g/mol. The van der Waals surface area contributed by atoms with Crippen LogP contribution in [-0.4, -0.2) is 22.5 Å². The van der Waals surface area contributed by atoms with Gasteiger partial charge in [-0.1, -0.05) is 22.9 Å². The maximum absolute atomic E-state index is 12.3. The molecule has 0 fully saturated rings. The summed E-state index contributed by atoms with van der Waals surface area (Å²) in [5.74, 6) is -0.379. The van der Waals surface area contributed by atoms with E-state index in [2.05, 4.69) is 26.2 Å². The lowest BCUT2D eigenvalue weighted by molar-refractivity contribution is -0.124. The van der Waals surface area contributed by atoms with Crippen molar-refractivity contribution in [3.05, 3.63) is 39.4 Å². The predicted molar refractivity (Wildman–Crippen MR) is 76.9 cm³/mol. The summed E-state index contributed by atoms with van der Waals surface area (Å²) in [6.07, 6.45) is 1.48. The molecule has 0 aliphatic carbocycles. The largest absolute Gasteiger partial charge is 0.359 e. The smallest absolute Gasteiger partial charge is 0.261 e. The van der Waals surface area contributed by atoms with Crippen LogP contribution in [0.5, 0.6) is 0 Å². The van der Waals surface area contributed by atoms with E-state index in [4.69, 9.17) is 0 Å². The molecule has 1 heterocycles. The van der Waals surface area contributed by atoms with E-state index in [0.29, 0.717) is 17.4 Å². The first-order valence-corrected chi connectivity index (χ1v) is 6.68. The van der Waals surface area contributed by atoms with E-state index < -0.39 is 0 Å². The lowest BCUT2D eigenvalue weighted by atomic mass is 10.1. The van der Waals surface area contributed by atoms with Crippen molar-refractivity contribution in [2.24, 2.45) is 5.92 Å². The van der Waals surface area contributed by atoms with Gasteiger partial charge < -0.3 is 5.32 Å². The minimum Gasteiger partial charge on any atom is -0.359 e. The number of hydrogen-bond donors (Lipinski definition) is 1. The molecule has 1 amide bonds. The predicted octanol–water partition coefficient (Wildman–Crippen LogP) is 1.54. The van der Waals surface area contributed by atoms with Gasteiger partial charge in [-0.25, -0.2) is 4.98 Å². The van der Waals surface area contributed by atoms with Crippen molar-refractivity contribution in [1.29, 1.82) is 0 Å². The Bertz CT molecular complexity index is 681. The second kappa shape index (κ2) is 5.52. The SMILES string of the molecule is CNC(=O)C(C)Cn1cnc2ccc(Br)cc2c1=O. The van der Waals surface area contributed by atoms with E-state index in [-0.39, 0.29) is 17.4 Å². The van der Waals surface area contributed by atoms with Crippen LogP contribution in [0, 0.1) is 5.92 Å². The number of rotatable bonds is 3. The molecule has 6 heteroatoms. The Morgan fingerprint density at radius 1 is 1.53 bits per heavy atom. The van der Waals surface area contributed by atoms with Gasteiger partial charge in [0.25, 0.3) is 5.56 Å². The molecule has 1 unspecified atom stereocenters. The standard InChI is InChI=1S/C13H14BrN3O2/c1-8(12(18)15-2)6-17-7-16-11-4-3-9(14)5-10(11)13(17)19/h3-5,7-8H,6H2,1-2H3,(H,15,18). The summed E-state index contributed by atoms with van der Waals surface area (Å²) < 4.78 is 2.30. The highest BCUT2D eigenvalue weighted by Gasteiger charge is 2.13. The molecule has 19 heavy (non-hydrogen) atoms. The van der Waals surface area contributed by atoms with Crippen molar-refractivity contribution in [1.82, 2.24) is 14.9 Å². The zero-order chi connectivity index (χ0) is 14.0. The Balaban J connectivity index is 2.43. The summed E-state index contributed by atoms with van der Waals surface area (Å²) in [7, 11) is 1.58. The van der Waals surface area contributed by atoms with Gasteiger partial charge in [0.15, 0.2) is 0 Å². The van der Waals surface area contributed by atoms with E-state index in [1.165, 1.54) is 10.9 Å². The summed E-state index contributed by atoms with van der Waals surface area (Å²) in [5.41, 5.74) is 0.513. The summed E-state index contributed by atoms with van der Waals surface area (Å²) in [6, 6.07) is 5.37. The molecule has 0 radical (unpaired) electrons. The fourth-order valence-corrected chi connectivity index (χ4v) is 2.25. The van der Waals surface area contributed by atoms with Gasteiger partial charge in [-0.05, 0) is 18.2 Å². The van der Waals surface area contributed by atoms with Gasteiger partial charge in [0.2, 0.25) is 5.91 Å². The first-order chi connectivity index (χ1) is 9.02.